The van der Waals surface area contributed by atoms with Crippen molar-refractivity contribution in [3.63, 3.8) is 0 Å². The van der Waals surface area contributed by atoms with E-state index in [1.54, 1.807) is 28.8 Å². The Bertz CT molecular complexity index is 899. The predicted octanol–water partition coefficient (Wildman–Crippen LogP) is 3.63. The van der Waals surface area contributed by atoms with Crippen molar-refractivity contribution < 1.29 is 19.4 Å². The van der Waals surface area contributed by atoms with Gasteiger partial charge in [0, 0.05) is 41.5 Å². The third kappa shape index (κ3) is 3.99. The third-order valence-electron chi connectivity index (χ3n) is 4.77. The largest absolute Gasteiger partial charge is 0.465 e. The standard InChI is InChI=1S/C20H21N3O4S/c24-19(7-8-22-9-11-27-12-10-22)23-15-3-1-2-4-17(15)28-18-6-5-14(13-16(18)23)21-20(25)26/h1-6,13,21H,7-12H2,(H,25,26). The number of ether oxygens (including phenoxy) is 1. The average Bonchev–Trinajstić information content (AvgIpc) is 2.70. The van der Waals surface area contributed by atoms with Crippen molar-refractivity contribution in [1.29, 1.82) is 0 Å². The molecule has 2 aromatic carbocycles. The molecular formula is C20H21N3O4S. The molecule has 2 aliphatic rings. The summed E-state index contributed by atoms with van der Waals surface area (Å²) in [6, 6.07) is 13.1. The summed E-state index contributed by atoms with van der Waals surface area (Å²) < 4.78 is 5.37. The minimum absolute atomic E-state index is 0.00651. The zero-order valence-corrected chi connectivity index (χ0v) is 16.1. The highest BCUT2D eigenvalue weighted by Gasteiger charge is 2.28. The zero-order valence-electron chi connectivity index (χ0n) is 15.3. The van der Waals surface area contributed by atoms with E-state index in [2.05, 4.69) is 10.2 Å². The average molecular weight is 399 g/mol. The first-order chi connectivity index (χ1) is 13.6. The molecule has 7 nitrogen and oxygen atoms in total. The van der Waals surface area contributed by atoms with Crippen molar-refractivity contribution in [2.24, 2.45) is 0 Å². The molecule has 0 aromatic heterocycles. The minimum atomic E-state index is -1.13. The molecule has 2 amide bonds. The quantitative estimate of drug-likeness (QED) is 0.817. The van der Waals surface area contributed by atoms with Gasteiger partial charge in [0.15, 0.2) is 0 Å². The number of hydrogen-bond donors (Lipinski definition) is 2. The van der Waals surface area contributed by atoms with E-state index >= 15 is 0 Å². The number of amides is 2. The van der Waals surface area contributed by atoms with Crippen LogP contribution in [0.15, 0.2) is 52.3 Å². The van der Waals surface area contributed by atoms with E-state index in [-0.39, 0.29) is 5.91 Å². The molecule has 28 heavy (non-hydrogen) atoms. The van der Waals surface area contributed by atoms with Gasteiger partial charge in [0.05, 0.1) is 24.6 Å². The lowest BCUT2D eigenvalue weighted by Gasteiger charge is -2.32. The molecule has 2 heterocycles. The number of para-hydroxylation sites is 1. The molecule has 0 aliphatic carbocycles. The highest BCUT2D eigenvalue weighted by molar-refractivity contribution is 7.99. The van der Waals surface area contributed by atoms with Gasteiger partial charge in [-0.3, -0.25) is 19.9 Å². The minimum Gasteiger partial charge on any atom is -0.465 e. The predicted molar refractivity (Wildman–Crippen MR) is 108 cm³/mol. The van der Waals surface area contributed by atoms with Crippen LogP contribution in [0, 0.1) is 0 Å². The monoisotopic (exact) mass is 399 g/mol. The van der Waals surface area contributed by atoms with E-state index in [0.29, 0.717) is 37.6 Å². The lowest BCUT2D eigenvalue weighted by Crippen LogP contribution is -2.39. The number of nitrogens with one attached hydrogen (secondary N) is 1. The number of carbonyl (C=O) groups excluding carboxylic acids is 1. The Hall–Kier alpha value is -2.55. The fourth-order valence-corrected chi connectivity index (χ4v) is 4.45. The van der Waals surface area contributed by atoms with Gasteiger partial charge in [-0.15, -0.1) is 0 Å². The Kier molecular flexibility index (Phi) is 5.52. The lowest BCUT2D eigenvalue weighted by atomic mass is 10.2. The van der Waals surface area contributed by atoms with E-state index < -0.39 is 6.09 Å². The first-order valence-corrected chi connectivity index (χ1v) is 9.97. The number of anilines is 3. The van der Waals surface area contributed by atoms with Gasteiger partial charge in [0.1, 0.15) is 0 Å². The summed E-state index contributed by atoms with van der Waals surface area (Å²) in [5.74, 6) is -0.00651. The van der Waals surface area contributed by atoms with Gasteiger partial charge in [0.25, 0.3) is 0 Å². The van der Waals surface area contributed by atoms with E-state index in [0.717, 1.165) is 28.6 Å². The van der Waals surface area contributed by atoms with E-state index in [9.17, 15) is 9.59 Å². The summed E-state index contributed by atoms with van der Waals surface area (Å²) in [6.45, 7) is 3.75. The summed E-state index contributed by atoms with van der Waals surface area (Å²) in [5, 5.41) is 11.4. The second-order valence-electron chi connectivity index (χ2n) is 6.62. The fraction of sp³-hybridized carbons (Fsp3) is 0.300. The second-order valence-corrected chi connectivity index (χ2v) is 7.70. The van der Waals surface area contributed by atoms with Crippen LogP contribution in [0.3, 0.4) is 0 Å². The summed E-state index contributed by atoms with van der Waals surface area (Å²) in [5.41, 5.74) is 1.98. The highest BCUT2D eigenvalue weighted by atomic mass is 32.2. The topological polar surface area (TPSA) is 82.1 Å². The molecule has 0 saturated carbocycles. The van der Waals surface area contributed by atoms with Crippen LogP contribution in [0.25, 0.3) is 0 Å². The van der Waals surface area contributed by atoms with Gasteiger partial charge >= 0.3 is 6.09 Å². The number of carbonyl (C=O) groups is 2. The number of rotatable bonds is 4. The molecule has 0 bridgehead atoms. The smallest absolute Gasteiger partial charge is 0.409 e. The van der Waals surface area contributed by atoms with Crippen molar-refractivity contribution >= 4 is 40.8 Å². The van der Waals surface area contributed by atoms with Crippen molar-refractivity contribution in [2.75, 3.05) is 43.1 Å². The molecule has 8 heteroatoms. The number of fused-ring (bicyclic) bond motifs is 2. The Morgan fingerprint density at radius 1 is 1.07 bits per heavy atom. The highest BCUT2D eigenvalue weighted by Crippen LogP contribution is 2.49. The summed E-state index contributed by atoms with van der Waals surface area (Å²) in [6.07, 6.45) is -0.747. The van der Waals surface area contributed by atoms with Crippen LogP contribution in [-0.2, 0) is 9.53 Å². The summed E-state index contributed by atoms with van der Waals surface area (Å²) in [7, 11) is 0. The fourth-order valence-electron chi connectivity index (χ4n) is 3.42. The van der Waals surface area contributed by atoms with Gasteiger partial charge in [-0.2, -0.15) is 0 Å². The molecule has 1 fully saturated rings. The molecule has 4 rings (SSSR count). The second kappa shape index (κ2) is 8.22. The Morgan fingerprint density at radius 3 is 2.61 bits per heavy atom. The van der Waals surface area contributed by atoms with E-state index in [1.807, 2.05) is 30.3 Å². The van der Waals surface area contributed by atoms with Crippen LogP contribution in [0.4, 0.5) is 21.9 Å². The SMILES string of the molecule is O=C(O)Nc1ccc2c(c1)N(C(=O)CCN1CCOCC1)c1ccccc1S2. The molecule has 2 N–H and O–H groups in total. The van der Waals surface area contributed by atoms with E-state index in [1.165, 1.54) is 0 Å². The number of morpholine rings is 1. The van der Waals surface area contributed by atoms with Crippen LogP contribution in [0.2, 0.25) is 0 Å². The van der Waals surface area contributed by atoms with Gasteiger partial charge < -0.3 is 9.84 Å². The molecular weight excluding hydrogens is 378 g/mol. The first kappa shape index (κ1) is 18.8. The number of hydrogen-bond acceptors (Lipinski definition) is 5. The molecule has 2 aromatic rings. The normalized spacial score (nSPS) is 16.2. The van der Waals surface area contributed by atoms with Crippen molar-refractivity contribution in [3.05, 3.63) is 42.5 Å². The maximum atomic E-state index is 13.2. The van der Waals surface area contributed by atoms with E-state index in [4.69, 9.17) is 9.84 Å². The maximum Gasteiger partial charge on any atom is 0.409 e. The lowest BCUT2D eigenvalue weighted by molar-refractivity contribution is -0.118. The number of nitrogens with zero attached hydrogens (tertiary/aromatic N) is 2. The summed E-state index contributed by atoms with van der Waals surface area (Å²) in [4.78, 5) is 30.1. The van der Waals surface area contributed by atoms with Crippen molar-refractivity contribution in [1.82, 2.24) is 4.90 Å². The summed E-state index contributed by atoms with van der Waals surface area (Å²) >= 11 is 1.58. The zero-order chi connectivity index (χ0) is 19.5. The Morgan fingerprint density at radius 2 is 1.82 bits per heavy atom. The molecule has 0 radical (unpaired) electrons. The van der Waals surface area contributed by atoms with Gasteiger partial charge in [0.2, 0.25) is 5.91 Å². The Balaban J connectivity index is 1.62. The van der Waals surface area contributed by atoms with Crippen molar-refractivity contribution in [3.8, 4) is 0 Å². The van der Waals surface area contributed by atoms with Crippen molar-refractivity contribution in [2.45, 2.75) is 16.2 Å². The van der Waals surface area contributed by atoms with Crippen LogP contribution in [-0.4, -0.2) is 54.9 Å². The molecule has 2 aliphatic heterocycles. The molecule has 0 atom stereocenters. The van der Waals surface area contributed by atoms with Gasteiger partial charge in [-0.05, 0) is 30.3 Å². The maximum absolute atomic E-state index is 13.2. The Labute approximate surface area is 167 Å². The van der Waals surface area contributed by atoms with Gasteiger partial charge in [-0.25, -0.2) is 4.79 Å². The van der Waals surface area contributed by atoms with Crippen LogP contribution in [0.5, 0.6) is 0 Å². The van der Waals surface area contributed by atoms with Crippen LogP contribution in [0.1, 0.15) is 6.42 Å². The molecule has 146 valence electrons. The van der Waals surface area contributed by atoms with Crippen LogP contribution < -0.4 is 10.2 Å². The van der Waals surface area contributed by atoms with Gasteiger partial charge in [-0.1, -0.05) is 23.9 Å². The molecule has 0 spiro atoms. The number of carboxylic acid groups (broad SMARTS) is 1. The molecule has 0 unspecified atom stereocenters. The first-order valence-electron chi connectivity index (χ1n) is 9.16. The number of benzene rings is 2. The molecule has 1 saturated heterocycles. The van der Waals surface area contributed by atoms with Crippen LogP contribution >= 0.6 is 11.8 Å². The third-order valence-corrected chi connectivity index (χ3v) is 5.90.